The molecule has 6 heteroatoms. The van der Waals surface area contributed by atoms with Crippen molar-refractivity contribution in [2.24, 2.45) is 11.7 Å². The summed E-state index contributed by atoms with van der Waals surface area (Å²) in [5.41, 5.74) is 6.28. The van der Waals surface area contributed by atoms with Crippen molar-refractivity contribution in [2.45, 2.75) is 25.3 Å². The smallest absolute Gasteiger partial charge is 0.179 e. The lowest BCUT2D eigenvalue weighted by atomic mass is 10.2. The van der Waals surface area contributed by atoms with Crippen LogP contribution in [-0.4, -0.2) is 29.9 Å². The summed E-state index contributed by atoms with van der Waals surface area (Å²) >= 11 is 0. The number of sulfone groups is 1. The zero-order chi connectivity index (χ0) is 14.5. The van der Waals surface area contributed by atoms with Crippen LogP contribution in [0.2, 0.25) is 0 Å². The van der Waals surface area contributed by atoms with E-state index in [2.05, 4.69) is 0 Å². The molecule has 0 radical (unpaired) electrons. The average molecular weight is 303 g/mol. The topological polar surface area (TPSA) is 77.2 Å². The van der Waals surface area contributed by atoms with E-state index in [1.165, 1.54) is 0 Å². The molecule has 2 N–H and O–H groups in total. The molecule has 1 atom stereocenters. The van der Waals surface area contributed by atoms with Crippen LogP contribution in [0.4, 0.5) is 0 Å². The van der Waals surface area contributed by atoms with E-state index in [0.717, 1.165) is 5.56 Å². The van der Waals surface area contributed by atoms with Crippen LogP contribution in [0.3, 0.4) is 0 Å². The van der Waals surface area contributed by atoms with Gasteiger partial charge in [-0.15, -0.1) is 0 Å². The zero-order valence-corrected chi connectivity index (χ0v) is 13.0. The third kappa shape index (κ3) is 5.42. The molecule has 0 aliphatic carbocycles. The summed E-state index contributed by atoms with van der Waals surface area (Å²) in [5.74, 6) is 0.954. The number of nitrogens with two attached hydrogens (primary N) is 1. The Morgan fingerprint density at radius 2 is 2.00 bits per heavy atom. The Labute approximate surface area is 117 Å². The van der Waals surface area contributed by atoms with Crippen molar-refractivity contribution in [3.63, 3.8) is 0 Å². The third-order valence-electron chi connectivity index (χ3n) is 2.59. The second-order valence-corrected chi connectivity index (χ2v) is 8.61. The Bertz CT molecular complexity index is 539. The normalized spacial score (nSPS) is 13.7. The first-order valence-corrected chi connectivity index (χ1v) is 9.36. The molecule has 4 nitrogen and oxygen atoms in total. The maximum absolute atomic E-state index is 12.1. The van der Waals surface area contributed by atoms with Gasteiger partial charge in [0.2, 0.25) is 0 Å². The standard InChI is InChI=1S/C13H21NO3S2/c1-11(2)10-18(15)6-7-19(16,17)13-5-3-4-12(8-13)9-14/h3-5,8,11H,6-7,9-10,14H2,1-2H3. The van der Waals surface area contributed by atoms with Crippen molar-refractivity contribution in [2.75, 3.05) is 17.3 Å². The number of benzene rings is 1. The fourth-order valence-corrected chi connectivity index (χ4v) is 5.03. The first-order chi connectivity index (χ1) is 8.85. The molecule has 108 valence electrons. The Balaban J connectivity index is 2.73. The van der Waals surface area contributed by atoms with Crippen molar-refractivity contribution in [3.8, 4) is 0 Å². The van der Waals surface area contributed by atoms with Crippen LogP contribution in [0.5, 0.6) is 0 Å². The highest BCUT2D eigenvalue weighted by Crippen LogP contribution is 2.13. The average Bonchev–Trinajstić information content (AvgIpc) is 2.36. The van der Waals surface area contributed by atoms with E-state index in [-0.39, 0.29) is 16.4 Å². The first-order valence-electron chi connectivity index (χ1n) is 6.22. The van der Waals surface area contributed by atoms with Crippen molar-refractivity contribution in [3.05, 3.63) is 29.8 Å². The van der Waals surface area contributed by atoms with Crippen molar-refractivity contribution in [1.29, 1.82) is 0 Å². The molecule has 0 fully saturated rings. The first kappa shape index (κ1) is 16.3. The van der Waals surface area contributed by atoms with Gasteiger partial charge in [0.1, 0.15) is 0 Å². The van der Waals surface area contributed by atoms with Crippen LogP contribution in [0, 0.1) is 5.92 Å². The molecule has 1 aromatic rings. The zero-order valence-electron chi connectivity index (χ0n) is 11.3. The van der Waals surface area contributed by atoms with Gasteiger partial charge in [0, 0.05) is 28.9 Å². The molecule has 0 saturated carbocycles. The van der Waals surface area contributed by atoms with Crippen molar-refractivity contribution >= 4 is 20.6 Å². The summed E-state index contributed by atoms with van der Waals surface area (Å²) in [7, 11) is -4.45. The van der Waals surface area contributed by atoms with Crippen LogP contribution in [0.1, 0.15) is 19.4 Å². The lowest BCUT2D eigenvalue weighted by molar-refractivity contribution is 0.596. The van der Waals surface area contributed by atoms with E-state index >= 15 is 0 Å². The van der Waals surface area contributed by atoms with Crippen molar-refractivity contribution in [1.82, 2.24) is 0 Å². The van der Waals surface area contributed by atoms with Gasteiger partial charge >= 0.3 is 0 Å². The van der Waals surface area contributed by atoms with Crippen LogP contribution in [0.15, 0.2) is 29.2 Å². The highest BCUT2D eigenvalue weighted by molar-refractivity contribution is 7.93. The van der Waals surface area contributed by atoms with Gasteiger partial charge in [0.15, 0.2) is 9.84 Å². The predicted molar refractivity (Wildman–Crippen MR) is 79.1 cm³/mol. The summed E-state index contributed by atoms with van der Waals surface area (Å²) < 4.78 is 35.9. The van der Waals surface area contributed by atoms with Gasteiger partial charge in [-0.05, 0) is 23.6 Å². The van der Waals surface area contributed by atoms with Crippen LogP contribution in [0.25, 0.3) is 0 Å². The van der Waals surface area contributed by atoms with Gasteiger partial charge < -0.3 is 5.73 Å². The van der Waals surface area contributed by atoms with E-state index in [4.69, 9.17) is 5.73 Å². The summed E-state index contributed by atoms with van der Waals surface area (Å²) in [6, 6.07) is 6.61. The summed E-state index contributed by atoms with van der Waals surface area (Å²) in [5, 5.41) is 0. The Kier molecular flexibility index (Phi) is 6.16. The van der Waals surface area contributed by atoms with E-state index in [1.54, 1.807) is 24.3 Å². The van der Waals surface area contributed by atoms with E-state index < -0.39 is 20.6 Å². The molecule has 0 spiro atoms. The quantitative estimate of drug-likeness (QED) is 0.824. The molecule has 19 heavy (non-hydrogen) atoms. The summed E-state index contributed by atoms with van der Waals surface area (Å²) in [6.45, 7) is 4.25. The van der Waals surface area contributed by atoms with E-state index in [1.807, 2.05) is 13.8 Å². The second kappa shape index (κ2) is 7.17. The molecule has 0 bridgehead atoms. The molecular formula is C13H21NO3S2. The highest BCUT2D eigenvalue weighted by Gasteiger charge is 2.16. The molecule has 0 saturated heterocycles. The number of hydrogen-bond donors (Lipinski definition) is 1. The predicted octanol–water partition coefficient (Wildman–Crippen LogP) is 1.32. The van der Waals surface area contributed by atoms with Gasteiger partial charge in [0.05, 0.1) is 10.6 Å². The minimum absolute atomic E-state index is 0.0830. The molecule has 1 unspecified atom stereocenters. The van der Waals surface area contributed by atoms with E-state index in [0.29, 0.717) is 18.2 Å². The molecule has 0 amide bonds. The fourth-order valence-electron chi connectivity index (χ4n) is 1.64. The maximum atomic E-state index is 12.1. The van der Waals surface area contributed by atoms with Gasteiger partial charge in [0.25, 0.3) is 0 Å². The van der Waals surface area contributed by atoms with Crippen LogP contribution in [-0.2, 0) is 27.2 Å². The second-order valence-electron chi connectivity index (χ2n) is 4.87. The minimum atomic E-state index is -3.37. The molecule has 0 aliphatic heterocycles. The van der Waals surface area contributed by atoms with Crippen LogP contribution >= 0.6 is 0 Å². The lowest BCUT2D eigenvalue weighted by Gasteiger charge is -2.07. The van der Waals surface area contributed by atoms with Gasteiger partial charge in [-0.3, -0.25) is 4.21 Å². The van der Waals surface area contributed by atoms with E-state index in [9.17, 15) is 12.6 Å². The largest absolute Gasteiger partial charge is 0.326 e. The molecule has 0 aromatic heterocycles. The fraction of sp³-hybridized carbons (Fsp3) is 0.538. The molecule has 1 aromatic carbocycles. The van der Waals surface area contributed by atoms with Crippen LogP contribution < -0.4 is 5.73 Å². The SMILES string of the molecule is CC(C)CS(=O)CCS(=O)(=O)c1cccc(CN)c1. The van der Waals surface area contributed by atoms with Gasteiger partial charge in [-0.1, -0.05) is 26.0 Å². The maximum Gasteiger partial charge on any atom is 0.179 e. The van der Waals surface area contributed by atoms with Crippen molar-refractivity contribution < 1.29 is 12.6 Å². The monoisotopic (exact) mass is 303 g/mol. The molecule has 0 aliphatic rings. The third-order valence-corrected chi connectivity index (χ3v) is 6.26. The Morgan fingerprint density at radius 1 is 1.32 bits per heavy atom. The minimum Gasteiger partial charge on any atom is -0.326 e. The highest BCUT2D eigenvalue weighted by atomic mass is 32.2. The number of rotatable bonds is 7. The summed E-state index contributed by atoms with van der Waals surface area (Å²) in [6.07, 6.45) is 0. The number of hydrogen-bond acceptors (Lipinski definition) is 4. The van der Waals surface area contributed by atoms with Gasteiger partial charge in [-0.25, -0.2) is 8.42 Å². The lowest BCUT2D eigenvalue weighted by Crippen LogP contribution is -2.17. The van der Waals surface area contributed by atoms with Gasteiger partial charge in [-0.2, -0.15) is 0 Å². The molecule has 1 rings (SSSR count). The molecule has 0 heterocycles. The molecular weight excluding hydrogens is 282 g/mol. The summed E-state index contributed by atoms with van der Waals surface area (Å²) in [4.78, 5) is 0.261. The Morgan fingerprint density at radius 3 is 2.58 bits per heavy atom. The Hall–Kier alpha value is -0.720.